The first-order chi connectivity index (χ1) is 9.69. The van der Waals surface area contributed by atoms with E-state index in [2.05, 4.69) is 0 Å². The van der Waals surface area contributed by atoms with Gasteiger partial charge in [-0.1, -0.05) is 0 Å². The highest BCUT2D eigenvalue weighted by Gasteiger charge is 2.11. The smallest absolute Gasteiger partial charge is 0.340 e. The maximum atomic E-state index is 11.8. The van der Waals surface area contributed by atoms with Crippen molar-refractivity contribution in [2.45, 2.75) is 6.42 Å². The molecule has 0 heterocycles. The van der Waals surface area contributed by atoms with Gasteiger partial charge < -0.3 is 24.7 Å². The third kappa shape index (κ3) is 5.46. The van der Waals surface area contributed by atoms with E-state index in [0.717, 1.165) is 6.42 Å². The Morgan fingerprint density at radius 1 is 1.15 bits per heavy atom. The second kappa shape index (κ2) is 9.17. The number of nitrogens with two attached hydrogens (primary N) is 1. The van der Waals surface area contributed by atoms with Crippen LogP contribution in [-0.4, -0.2) is 46.6 Å². The monoisotopic (exact) mass is 283 g/mol. The van der Waals surface area contributed by atoms with E-state index in [4.69, 9.17) is 24.7 Å². The number of hydrogen-bond acceptors (Lipinski definition) is 6. The number of ether oxygens (including phenoxy) is 4. The van der Waals surface area contributed by atoms with Crippen molar-refractivity contribution in [2.24, 2.45) is 0 Å². The SMILES string of the molecule is COCCCOCCOC(=O)c1ccc(OC)cc1N. The van der Waals surface area contributed by atoms with E-state index in [1.54, 1.807) is 25.3 Å². The Morgan fingerprint density at radius 2 is 1.95 bits per heavy atom. The molecule has 1 aromatic carbocycles. The van der Waals surface area contributed by atoms with E-state index in [1.807, 2.05) is 0 Å². The van der Waals surface area contributed by atoms with Gasteiger partial charge in [-0.05, 0) is 18.6 Å². The predicted octanol–water partition coefficient (Wildman–Crippen LogP) is 1.49. The van der Waals surface area contributed by atoms with E-state index < -0.39 is 5.97 Å². The molecule has 1 rings (SSSR count). The summed E-state index contributed by atoms with van der Waals surface area (Å²) in [5.74, 6) is 0.131. The number of esters is 1. The predicted molar refractivity (Wildman–Crippen MR) is 75.0 cm³/mol. The highest BCUT2D eigenvalue weighted by atomic mass is 16.6. The second-order valence-corrected chi connectivity index (χ2v) is 4.05. The molecule has 0 amide bonds. The average molecular weight is 283 g/mol. The van der Waals surface area contributed by atoms with Crippen molar-refractivity contribution >= 4 is 11.7 Å². The molecule has 6 heteroatoms. The fourth-order valence-electron chi connectivity index (χ4n) is 1.53. The molecule has 0 aliphatic rings. The lowest BCUT2D eigenvalue weighted by Crippen LogP contribution is -2.13. The maximum absolute atomic E-state index is 11.8. The summed E-state index contributed by atoms with van der Waals surface area (Å²) in [5.41, 5.74) is 6.41. The van der Waals surface area contributed by atoms with Crippen molar-refractivity contribution in [3.63, 3.8) is 0 Å². The zero-order chi connectivity index (χ0) is 14.8. The minimum Gasteiger partial charge on any atom is -0.497 e. The van der Waals surface area contributed by atoms with Crippen LogP contribution in [0, 0.1) is 0 Å². The number of carbonyl (C=O) groups is 1. The van der Waals surface area contributed by atoms with Crippen LogP contribution < -0.4 is 10.5 Å². The number of methoxy groups -OCH3 is 2. The lowest BCUT2D eigenvalue weighted by molar-refractivity contribution is 0.0289. The molecule has 6 nitrogen and oxygen atoms in total. The number of carbonyl (C=O) groups excluding carboxylic acids is 1. The Hall–Kier alpha value is -1.79. The van der Waals surface area contributed by atoms with Crippen LogP contribution in [0.4, 0.5) is 5.69 Å². The van der Waals surface area contributed by atoms with Gasteiger partial charge in [0.05, 0.1) is 19.3 Å². The zero-order valence-electron chi connectivity index (χ0n) is 11.9. The number of hydrogen-bond donors (Lipinski definition) is 1. The summed E-state index contributed by atoms with van der Waals surface area (Å²) in [4.78, 5) is 11.8. The molecule has 20 heavy (non-hydrogen) atoms. The molecule has 1 aromatic rings. The molecule has 0 bridgehead atoms. The topological polar surface area (TPSA) is 80.0 Å². The van der Waals surface area contributed by atoms with E-state index in [9.17, 15) is 4.79 Å². The van der Waals surface area contributed by atoms with Crippen molar-refractivity contribution < 1.29 is 23.7 Å². The van der Waals surface area contributed by atoms with Gasteiger partial charge in [-0.2, -0.15) is 0 Å². The molecule has 0 aliphatic heterocycles. The van der Waals surface area contributed by atoms with Gasteiger partial charge in [0, 0.05) is 32.1 Å². The number of anilines is 1. The summed E-state index contributed by atoms with van der Waals surface area (Å²) in [7, 11) is 3.18. The second-order valence-electron chi connectivity index (χ2n) is 4.05. The Labute approximate surface area is 118 Å². The van der Waals surface area contributed by atoms with Crippen LogP contribution >= 0.6 is 0 Å². The Balaban J connectivity index is 2.29. The minimum absolute atomic E-state index is 0.192. The molecule has 0 unspecified atom stereocenters. The normalized spacial score (nSPS) is 10.3. The van der Waals surface area contributed by atoms with E-state index in [1.165, 1.54) is 7.11 Å². The summed E-state index contributed by atoms with van der Waals surface area (Å²) in [6.07, 6.45) is 0.815. The molecule has 0 aromatic heterocycles. The van der Waals surface area contributed by atoms with Gasteiger partial charge in [-0.15, -0.1) is 0 Å². The first-order valence-corrected chi connectivity index (χ1v) is 6.36. The first-order valence-electron chi connectivity index (χ1n) is 6.36. The van der Waals surface area contributed by atoms with Crippen LogP contribution in [0.15, 0.2) is 18.2 Å². The summed E-state index contributed by atoms with van der Waals surface area (Å²) in [6, 6.07) is 4.82. The van der Waals surface area contributed by atoms with Gasteiger partial charge in [-0.3, -0.25) is 0 Å². The lowest BCUT2D eigenvalue weighted by Gasteiger charge is -2.08. The van der Waals surface area contributed by atoms with Gasteiger partial charge in [-0.25, -0.2) is 4.79 Å². The highest BCUT2D eigenvalue weighted by Crippen LogP contribution is 2.20. The van der Waals surface area contributed by atoms with Crippen LogP contribution in [0.2, 0.25) is 0 Å². The zero-order valence-corrected chi connectivity index (χ0v) is 11.9. The molecule has 0 fully saturated rings. The minimum atomic E-state index is -0.467. The van der Waals surface area contributed by atoms with Crippen LogP contribution in [0.25, 0.3) is 0 Å². The molecule has 0 spiro atoms. The molecule has 2 N–H and O–H groups in total. The van der Waals surface area contributed by atoms with Crippen molar-refractivity contribution in [3.05, 3.63) is 23.8 Å². The summed E-state index contributed by atoms with van der Waals surface area (Å²) < 4.78 is 20.3. The van der Waals surface area contributed by atoms with Crippen LogP contribution in [0.5, 0.6) is 5.75 Å². The molecule has 0 aliphatic carbocycles. The third-order valence-electron chi connectivity index (χ3n) is 2.58. The number of nitrogen functional groups attached to an aromatic ring is 1. The molecular weight excluding hydrogens is 262 g/mol. The van der Waals surface area contributed by atoms with Crippen LogP contribution in [0.1, 0.15) is 16.8 Å². The fraction of sp³-hybridized carbons (Fsp3) is 0.500. The Morgan fingerprint density at radius 3 is 2.60 bits per heavy atom. The molecule has 0 radical (unpaired) electrons. The molecule has 0 saturated heterocycles. The molecule has 112 valence electrons. The third-order valence-corrected chi connectivity index (χ3v) is 2.58. The standard InChI is InChI=1S/C14H21NO5/c1-17-6-3-7-19-8-9-20-14(16)12-5-4-11(18-2)10-13(12)15/h4-5,10H,3,6-9,15H2,1-2H3. The summed E-state index contributed by atoms with van der Waals surface area (Å²) in [5, 5.41) is 0. The lowest BCUT2D eigenvalue weighted by atomic mass is 10.2. The quantitative estimate of drug-likeness (QED) is 0.420. The van der Waals surface area contributed by atoms with Gasteiger partial charge >= 0.3 is 5.97 Å². The molecule has 0 atom stereocenters. The van der Waals surface area contributed by atoms with Crippen molar-refractivity contribution in [3.8, 4) is 5.75 Å². The summed E-state index contributed by atoms with van der Waals surface area (Å²) >= 11 is 0. The van der Waals surface area contributed by atoms with Gasteiger partial charge in [0.25, 0.3) is 0 Å². The number of rotatable bonds is 9. The van der Waals surface area contributed by atoms with Crippen molar-refractivity contribution in [1.29, 1.82) is 0 Å². The molecular formula is C14H21NO5. The van der Waals surface area contributed by atoms with Gasteiger partial charge in [0.1, 0.15) is 12.4 Å². The Kier molecular flexibility index (Phi) is 7.46. The van der Waals surface area contributed by atoms with Gasteiger partial charge in [0.2, 0.25) is 0 Å². The van der Waals surface area contributed by atoms with Crippen LogP contribution in [-0.2, 0) is 14.2 Å². The number of benzene rings is 1. The van der Waals surface area contributed by atoms with E-state index in [0.29, 0.717) is 36.8 Å². The van der Waals surface area contributed by atoms with Crippen molar-refractivity contribution in [1.82, 2.24) is 0 Å². The first kappa shape index (κ1) is 16.3. The Bertz CT molecular complexity index is 422. The van der Waals surface area contributed by atoms with Gasteiger partial charge in [0.15, 0.2) is 0 Å². The van der Waals surface area contributed by atoms with Crippen molar-refractivity contribution in [2.75, 3.05) is 46.4 Å². The van der Waals surface area contributed by atoms with E-state index in [-0.39, 0.29) is 6.61 Å². The molecule has 0 saturated carbocycles. The van der Waals surface area contributed by atoms with E-state index >= 15 is 0 Å². The maximum Gasteiger partial charge on any atom is 0.340 e. The fourth-order valence-corrected chi connectivity index (χ4v) is 1.53. The largest absolute Gasteiger partial charge is 0.497 e. The average Bonchev–Trinajstić information content (AvgIpc) is 2.45. The highest BCUT2D eigenvalue weighted by molar-refractivity contribution is 5.95. The summed E-state index contributed by atoms with van der Waals surface area (Å²) in [6.45, 7) is 1.78. The van der Waals surface area contributed by atoms with Crippen LogP contribution in [0.3, 0.4) is 0 Å².